The third kappa shape index (κ3) is 2.28. The van der Waals surface area contributed by atoms with Crippen LogP contribution < -0.4 is 4.90 Å². The zero-order valence-corrected chi connectivity index (χ0v) is 9.96. The van der Waals surface area contributed by atoms with Gasteiger partial charge in [0, 0.05) is 18.3 Å². The lowest BCUT2D eigenvalue weighted by Crippen LogP contribution is -2.26. The number of alkyl halides is 3. The second-order valence-electron chi connectivity index (χ2n) is 4.52. The van der Waals surface area contributed by atoms with Gasteiger partial charge in [0.1, 0.15) is 0 Å². The van der Waals surface area contributed by atoms with E-state index >= 15 is 0 Å². The second-order valence-corrected chi connectivity index (χ2v) is 4.52. The summed E-state index contributed by atoms with van der Waals surface area (Å²) >= 11 is 0. The first-order chi connectivity index (χ1) is 8.43. The fraction of sp³-hybridized carbons (Fsp3) is 0.462. The van der Waals surface area contributed by atoms with Crippen molar-refractivity contribution in [3.05, 3.63) is 29.3 Å². The van der Waals surface area contributed by atoms with E-state index in [0.29, 0.717) is 11.7 Å². The molecule has 5 heteroatoms. The number of hydrogen-bond donors (Lipinski definition) is 0. The predicted molar refractivity (Wildman–Crippen MR) is 62.2 cm³/mol. The number of hydrogen-bond acceptors (Lipinski definition) is 2. The van der Waals surface area contributed by atoms with Crippen LogP contribution in [0.4, 0.5) is 18.9 Å². The van der Waals surface area contributed by atoms with E-state index in [2.05, 4.69) is 0 Å². The lowest BCUT2D eigenvalue weighted by atomic mass is 10.1. The summed E-state index contributed by atoms with van der Waals surface area (Å²) in [6.45, 7) is 2.87. The third-order valence-corrected chi connectivity index (χ3v) is 3.31. The Balaban J connectivity index is 2.40. The molecule has 1 heterocycles. The molecule has 0 radical (unpaired) electrons. The number of nitriles is 1. The van der Waals surface area contributed by atoms with Gasteiger partial charge in [-0.2, -0.15) is 18.4 Å². The maximum Gasteiger partial charge on any atom is 0.417 e. The predicted octanol–water partition coefficient (Wildman–Crippen LogP) is 3.57. The monoisotopic (exact) mass is 254 g/mol. The van der Waals surface area contributed by atoms with Crippen molar-refractivity contribution in [1.29, 1.82) is 5.26 Å². The Bertz CT molecular complexity index is 488. The van der Waals surface area contributed by atoms with Crippen LogP contribution in [-0.4, -0.2) is 12.6 Å². The van der Waals surface area contributed by atoms with Gasteiger partial charge in [-0.15, -0.1) is 0 Å². The molecule has 0 aliphatic carbocycles. The fourth-order valence-corrected chi connectivity index (χ4v) is 2.37. The van der Waals surface area contributed by atoms with Gasteiger partial charge < -0.3 is 4.90 Å². The van der Waals surface area contributed by atoms with E-state index in [1.165, 1.54) is 12.1 Å². The van der Waals surface area contributed by atoms with Gasteiger partial charge in [-0.25, -0.2) is 0 Å². The molecule has 0 spiro atoms. The second kappa shape index (κ2) is 4.52. The number of benzene rings is 1. The molecule has 1 aromatic rings. The Morgan fingerprint density at radius 2 is 2.11 bits per heavy atom. The van der Waals surface area contributed by atoms with Crippen molar-refractivity contribution in [3.8, 4) is 6.07 Å². The van der Waals surface area contributed by atoms with Crippen molar-refractivity contribution in [1.82, 2.24) is 0 Å². The van der Waals surface area contributed by atoms with Gasteiger partial charge in [0.05, 0.1) is 17.2 Å². The van der Waals surface area contributed by atoms with Crippen molar-refractivity contribution in [2.45, 2.75) is 32.0 Å². The standard InChI is InChI=1S/C13H13F3N2/c1-9-3-2-6-18(9)11-4-5-12(13(14,15)16)10(7-11)8-17/h4-5,7,9H,2-3,6H2,1H3. The maximum atomic E-state index is 12.7. The van der Waals surface area contributed by atoms with Crippen LogP contribution >= 0.6 is 0 Å². The quantitative estimate of drug-likeness (QED) is 0.766. The van der Waals surface area contributed by atoms with E-state index in [-0.39, 0.29) is 5.56 Å². The Labute approximate surface area is 104 Å². The molecule has 0 bridgehead atoms. The zero-order valence-electron chi connectivity index (χ0n) is 9.96. The summed E-state index contributed by atoms with van der Waals surface area (Å²) in [4.78, 5) is 2.04. The molecule has 96 valence electrons. The molecule has 18 heavy (non-hydrogen) atoms. The zero-order chi connectivity index (χ0) is 13.3. The molecular formula is C13H13F3N2. The highest BCUT2D eigenvalue weighted by Gasteiger charge is 2.34. The molecule has 1 saturated heterocycles. The average Bonchev–Trinajstić information content (AvgIpc) is 2.73. The van der Waals surface area contributed by atoms with Gasteiger partial charge in [0.15, 0.2) is 0 Å². The lowest BCUT2D eigenvalue weighted by molar-refractivity contribution is -0.137. The molecule has 1 fully saturated rings. The Kier molecular flexibility index (Phi) is 3.20. The van der Waals surface area contributed by atoms with Crippen molar-refractivity contribution in [2.75, 3.05) is 11.4 Å². The van der Waals surface area contributed by atoms with Crippen LogP contribution in [0.3, 0.4) is 0 Å². The van der Waals surface area contributed by atoms with Gasteiger partial charge in [-0.3, -0.25) is 0 Å². The minimum Gasteiger partial charge on any atom is -0.369 e. The van der Waals surface area contributed by atoms with Crippen LogP contribution in [-0.2, 0) is 6.18 Å². The molecule has 0 aromatic heterocycles. The Hall–Kier alpha value is -1.70. The molecule has 0 saturated carbocycles. The van der Waals surface area contributed by atoms with Crippen LogP contribution in [0.2, 0.25) is 0 Å². The topological polar surface area (TPSA) is 27.0 Å². The molecule has 1 aliphatic rings. The van der Waals surface area contributed by atoms with Crippen molar-refractivity contribution in [2.24, 2.45) is 0 Å². The molecular weight excluding hydrogens is 241 g/mol. The minimum atomic E-state index is -4.47. The van der Waals surface area contributed by atoms with E-state index in [9.17, 15) is 13.2 Å². The first-order valence-corrected chi connectivity index (χ1v) is 5.81. The SMILES string of the molecule is CC1CCCN1c1ccc(C(F)(F)F)c(C#N)c1. The molecule has 1 aliphatic heterocycles. The fourth-order valence-electron chi connectivity index (χ4n) is 2.37. The summed E-state index contributed by atoms with van der Waals surface area (Å²) < 4.78 is 38.0. The summed E-state index contributed by atoms with van der Waals surface area (Å²) in [5.74, 6) is 0. The van der Waals surface area contributed by atoms with Crippen LogP contribution in [0.5, 0.6) is 0 Å². The first kappa shape index (κ1) is 12.7. The highest BCUT2D eigenvalue weighted by molar-refractivity contribution is 5.56. The van der Waals surface area contributed by atoms with Gasteiger partial charge >= 0.3 is 6.18 Å². The van der Waals surface area contributed by atoms with Crippen molar-refractivity contribution < 1.29 is 13.2 Å². The molecule has 1 unspecified atom stereocenters. The normalized spacial score (nSPS) is 19.9. The number of anilines is 1. The van der Waals surface area contributed by atoms with Crippen LogP contribution in [0.25, 0.3) is 0 Å². The summed E-state index contributed by atoms with van der Waals surface area (Å²) in [6.07, 6.45) is -2.41. The highest BCUT2D eigenvalue weighted by Crippen LogP contribution is 2.35. The molecule has 2 rings (SSSR count). The highest BCUT2D eigenvalue weighted by atomic mass is 19.4. The summed E-state index contributed by atoms with van der Waals surface area (Å²) in [7, 11) is 0. The van der Waals surface area contributed by atoms with E-state index in [4.69, 9.17) is 5.26 Å². The van der Waals surface area contributed by atoms with E-state index < -0.39 is 11.7 Å². The first-order valence-electron chi connectivity index (χ1n) is 5.81. The van der Waals surface area contributed by atoms with Gasteiger partial charge in [0.2, 0.25) is 0 Å². The number of rotatable bonds is 1. The summed E-state index contributed by atoms with van der Waals surface area (Å²) in [6, 6.07) is 5.73. The van der Waals surface area contributed by atoms with Gasteiger partial charge in [-0.1, -0.05) is 0 Å². The molecule has 2 nitrogen and oxygen atoms in total. The summed E-state index contributed by atoms with van der Waals surface area (Å²) in [5, 5.41) is 8.85. The Morgan fingerprint density at radius 3 is 2.61 bits per heavy atom. The number of halogens is 3. The van der Waals surface area contributed by atoms with Crippen LogP contribution in [0.15, 0.2) is 18.2 Å². The molecule has 0 N–H and O–H groups in total. The molecule has 1 aromatic carbocycles. The largest absolute Gasteiger partial charge is 0.417 e. The molecule has 0 amide bonds. The van der Waals surface area contributed by atoms with E-state index in [1.54, 1.807) is 6.07 Å². The van der Waals surface area contributed by atoms with Gasteiger partial charge in [-0.05, 0) is 38.0 Å². The van der Waals surface area contributed by atoms with Crippen LogP contribution in [0.1, 0.15) is 30.9 Å². The van der Waals surface area contributed by atoms with E-state index in [1.807, 2.05) is 11.8 Å². The van der Waals surface area contributed by atoms with Crippen molar-refractivity contribution in [3.63, 3.8) is 0 Å². The van der Waals surface area contributed by atoms with Crippen LogP contribution in [0, 0.1) is 11.3 Å². The third-order valence-electron chi connectivity index (χ3n) is 3.31. The van der Waals surface area contributed by atoms with E-state index in [0.717, 1.165) is 25.5 Å². The molecule has 1 atom stereocenters. The minimum absolute atomic E-state index is 0.306. The van der Waals surface area contributed by atoms with Gasteiger partial charge in [0.25, 0.3) is 0 Å². The number of nitrogens with zero attached hydrogens (tertiary/aromatic N) is 2. The average molecular weight is 254 g/mol. The smallest absolute Gasteiger partial charge is 0.369 e. The lowest BCUT2D eigenvalue weighted by Gasteiger charge is -2.24. The summed E-state index contributed by atoms with van der Waals surface area (Å²) in [5.41, 5.74) is -0.468. The Morgan fingerprint density at radius 1 is 1.39 bits per heavy atom. The van der Waals surface area contributed by atoms with Crippen molar-refractivity contribution >= 4 is 5.69 Å². The maximum absolute atomic E-state index is 12.7.